The summed E-state index contributed by atoms with van der Waals surface area (Å²) in [5.74, 6) is 0. The zero-order valence-corrected chi connectivity index (χ0v) is 29.6. The SMILES string of the molecule is CCC[CH2][Sn]([CH2]CCC)([CH2]CCC)[O]CCNCC[O][Sn]([CH2]CCC)([CH2]CCC)[CH2]CCC. The Bertz CT molecular complexity index is 330. The van der Waals surface area contributed by atoms with E-state index < -0.39 is 37.6 Å². The topological polar surface area (TPSA) is 30.5 Å². The van der Waals surface area contributed by atoms with E-state index in [1.807, 2.05) is 0 Å². The monoisotopic (exact) mass is 685 g/mol. The minimum absolute atomic E-state index is 0.934. The zero-order valence-electron chi connectivity index (χ0n) is 23.9. The Morgan fingerprint density at radius 1 is 0.424 bits per heavy atom. The first kappa shape index (κ1) is 34.5. The second-order valence-electron chi connectivity index (χ2n) is 10.4. The zero-order chi connectivity index (χ0) is 24.7. The first-order chi connectivity index (χ1) is 16.1. The number of hydrogen-bond acceptors (Lipinski definition) is 3. The van der Waals surface area contributed by atoms with Crippen molar-refractivity contribution >= 4 is 37.6 Å². The van der Waals surface area contributed by atoms with Gasteiger partial charge in [0.05, 0.1) is 0 Å². The van der Waals surface area contributed by atoms with E-state index in [0.29, 0.717) is 0 Å². The third-order valence-corrected chi connectivity index (χ3v) is 33.6. The van der Waals surface area contributed by atoms with Crippen LogP contribution in [0.25, 0.3) is 0 Å². The first-order valence-electron chi connectivity index (χ1n) is 15.1. The van der Waals surface area contributed by atoms with Gasteiger partial charge in [0.25, 0.3) is 0 Å². The van der Waals surface area contributed by atoms with Gasteiger partial charge in [-0.05, 0) is 0 Å². The molecule has 0 amide bonds. The van der Waals surface area contributed by atoms with Crippen molar-refractivity contribution in [3.8, 4) is 0 Å². The average molecular weight is 683 g/mol. The average Bonchev–Trinajstić information content (AvgIpc) is 2.84. The van der Waals surface area contributed by atoms with Crippen molar-refractivity contribution in [1.29, 1.82) is 0 Å². The van der Waals surface area contributed by atoms with Crippen molar-refractivity contribution < 1.29 is 6.15 Å². The molecule has 0 heterocycles. The Morgan fingerprint density at radius 2 is 0.667 bits per heavy atom. The van der Waals surface area contributed by atoms with Gasteiger partial charge in [0.15, 0.2) is 0 Å². The molecule has 0 saturated carbocycles. The van der Waals surface area contributed by atoms with Crippen LogP contribution in [-0.4, -0.2) is 63.9 Å². The van der Waals surface area contributed by atoms with Crippen LogP contribution in [0.2, 0.25) is 26.6 Å². The molecule has 0 spiro atoms. The maximum atomic E-state index is 6.86. The quantitative estimate of drug-likeness (QED) is 0.0729. The summed E-state index contributed by atoms with van der Waals surface area (Å²) in [4.78, 5) is 0. The van der Waals surface area contributed by atoms with E-state index in [9.17, 15) is 0 Å². The van der Waals surface area contributed by atoms with Gasteiger partial charge in [-0.1, -0.05) is 0 Å². The summed E-state index contributed by atoms with van der Waals surface area (Å²) in [6.07, 6.45) is 16.2. The Kier molecular flexibility index (Phi) is 24.9. The van der Waals surface area contributed by atoms with Crippen molar-refractivity contribution in [3.05, 3.63) is 0 Å². The van der Waals surface area contributed by atoms with Gasteiger partial charge in [0.1, 0.15) is 0 Å². The van der Waals surface area contributed by atoms with Gasteiger partial charge in [0, 0.05) is 0 Å². The summed E-state index contributed by atoms with van der Waals surface area (Å²) in [6, 6.07) is 0. The first-order valence-corrected chi connectivity index (χ1v) is 29.5. The third-order valence-electron chi connectivity index (χ3n) is 7.29. The fourth-order valence-corrected chi connectivity index (χ4v) is 31.9. The molecule has 3 nitrogen and oxygen atoms in total. The molecule has 0 aliphatic rings. The van der Waals surface area contributed by atoms with Crippen molar-refractivity contribution in [2.45, 2.75) is 145 Å². The molecule has 0 radical (unpaired) electrons. The Balaban J connectivity index is 4.60. The van der Waals surface area contributed by atoms with Crippen LogP contribution >= 0.6 is 0 Å². The summed E-state index contributed by atoms with van der Waals surface area (Å²) in [5, 5.41) is 3.68. The number of rotatable bonds is 26. The molecule has 0 atom stereocenters. The molecule has 200 valence electrons. The van der Waals surface area contributed by atoms with E-state index in [0.717, 1.165) is 26.3 Å². The van der Waals surface area contributed by atoms with Gasteiger partial charge in [-0.3, -0.25) is 0 Å². The summed E-state index contributed by atoms with van der Waals surface area (Å²) in [7, 11) is 0. The molecule has 0 bridgehead atoms. The molecule has 0 aliphatic heterocycles. The predicted molar refractivity (Wildman–Crippen MR) is 155 cm³/mol. The Labute approximate surface area is 219 Å². The summed E-state index contributed by atoms with van der Waals surface area (Å²) >= 11 is -4.85. The maximum absolute atomic E-state index is 6.86. The predicted octanol–water partition coefficient (Wildman–Crippen LogP) is 9.30. The fourth-order valence-electron chi connectivity index (χ4n) is 4.98. The molecule has 1 N–H and O–H groups in total. The van der Waals surface area contributed by atoms with E-state index in [1.165, 1.54) is 104 Å². The van der Waals surface area contributed by atoms with Crippen LogP contribution in [0.4, 0.5) is 0 Å². The van der Waals surface area contributed by atoms with Gasteiger partial charge >= 0.3 is 221 Å². The normalized spacial score (nSPS) is 12.5. The third kappa shape index (κ3) is 17.5. The second kappa shape index (κ2) is 23.9. The fraction of sp³-hybridized carbons (Fsp3) is 1.00. The summed E-state index contributed by atoms with van der Waals surface area (Å²) in [5.41, 5.74) is 0. The van der Waals surface area contributed by atoms with E-state index in [2.05, 4.69) is 46.9 Å². The molecule has 0 aromatic rings. The molecule has 0 saturated heterocycles. The van der Waals surface area contributed by atoms with Crippen molar-refractivity contribution in [1.82, 2.24) is 5.32 Å². The van der Waals surface area contributed by atoms with Crippen molar-refractivity contribution in [2.24, 2.45) is 0 Å². The van der Waals surface area contributed by atoms with E-state index in [4.69, 9.17) is 6.15 Å². The van der Waals surface area contributed by atoms with E-state index in [1.54, 1.807) is 0 Å². The summed E-state index contributed by atoms with van der Waals surface area (Å²) in [6.45, 7) is 17.9. The van der Waals surface area contributed by atoms with E-state index >= 15 is 0 Å². The van der Waals surface area contributed by atoms with Gasteiger partial charge < -0.3 is 0 Å². The van der Waals surface area contributed by atoms with Crippen molar-refractivity contribution in [2.75, 3.05) is 26.3 Å². The van der Waals surface area contributed by atoms with Gasteiger partial charge in [-0.2, -0.15) is 0 Å². The summed E-state index contributed by atoms with van der Waals surface area (Å²) < 4.78 is 22.4. The Morgan fingerprint density at radius 3 is 0.879 bits per heavy atom. The van der Waals surface area contributed by atoms with Gasteiger partial charge in [-0.15, -0.1) is 0 Å². The standard InChI is InChI=1S/C4H9NO2.6C4H9.2Sn/c6-3-1-5-2-4-7;6*1-3-4-2;;/h5H,1-4H2;6*1,3-4H2,2H3;;/q-2;;;;;;;2*+1. The second-order valence-corrected chi connectivity index (χ2v) is 34.2. The molecular formula is C28H63NO2Sn2. The Hall–Kier alpha value is 1.48. The molecule has 33 heavy (non-hydrogen) atoms. The van der Waals surface area contributed by atoms with Gasteiger partial charge in [0.2, 0.25) is 0 Å². The van der Waals surface area contributed by atoms with Crippen LogP contribution in [0, 0.1) is 0 Å². The molecule has 0 rings (SSSR count). The molecule has 0 unspecified atom stereocenters. The van der Waals surface area contributed by atoms with Crippen LogP contribution in [0.15, 0.2) is 0 Å². The molecule has 5 heteroatoms. The molecule has 0 fully saturated rings. The number of nitrogens with one attached hydrogen (secondary N) is 1. The minimum atomic E-state index is -2.42. The van der Waals surface area contributed by atoms with Crippen LogP contribution in [0.3, 0.4) is 0 Å². The number of hydrogen-bond donors (Lipinski definition) is 1. The molecule has 0 aromatic carbocycles. The van der Waals surface area contributed by atoms with Crippen LogP contribution in [0.5, 0.6) is 0 Å². The van der Waals surface area contributed by atoms with Crippen LogP contribution < -0.4 is 5.32 Å². The van der Waals surface area contributed by atoms with E-state index in [-0.39, 0.29) is 0 Å². The molecule has 0 aromatic heterocycles. The van der Waals surface area contributed by atoms with Gasteiger partial charge in [-0.25, -0.2) is 0 Å². The molecule has 0 aliphatic carbocycles. The van der Waals surface area contributed by atoms with Crippen LogP contribution in [0.1, 0.15) is 119 Å². The van der Waals surface area contributed by atoms with Crippen LogP contribution in [-0.2, 0) is 6.15 Å². The number of unbranched alkanes of at least 4 members (excludes halogenated alkanes) is 6. The molecular weight excluding hydrogens is 620 g/mol. The van der Waals surface area contributed by atoms with Crippen molar-refractivity contribution in [3.63, 3.8) is 0 Å².